The van der Waals surface area contributed by atoms with Gasteiger partial charge in [-0.3, -0.25) is 4.79 Å². The molecular formula is C23H27NO4. The van der Waals surface area contributed by atoms with Crippen molar-refractivity contribution >= 4 is 5.91 Å². The maximum absolute atomic E-state index is 12.5. The van der Waals surface area contributed by atoms with Gasteiger partial charge in [0, 0.05) is 0 Å². The Bertz CT molecular complexity index is 812. The summed E-state index contributed by atoms with van der Waals surface area (Å²) in [6.45, 7) is 3.68. The molecule has 0 bridgehead atoms. The summed E-state index contributed by atoms with van der Waals surface area (Å²) in [5.41, 5.74) is 2.17. The van der Waals surface area contributed by atoms with Gasteiger partial charge < -0.3 is 19.5 Å². The van der Waals surface area contributed by atoms with E-state index in [4.69, 9.17) is 14.2 Å². The molecule has 28 heavy (non-hydrogen) atoms. The molecule has 0 saturated heterocycles. The zero-order valence-corrected chi connectivity index (χ0v) is 16.4. The highest BCUT2D eigenvalue weighted by Crippen LogP contribution is 2.41. The highest BCUT2D eigenvalue weighted by molar-refractivity contribution is 5.78. The minimum atomic E-state index is -0.148. The summed E-state index contributed by atoms with van der Waals surface area (Å²) >= 11 is 0. The number of rotatable bonds is 10. The average Bonchev–Trinajstić information content (AvgIpc) is 3.56. The second-order valence-electron chi connectivity index (χ2n) is 6.92. The molecule has 1 amide bonds. The Morgan fingerprint density at radius 1 is 1.14 bits per heavy atom. The van der Waals surface area contributed by atoms with Gasteiger partial charge in [-0.2, -0.15) is 0 Å². The van der Waals surface area contributed by atoms with Gasteiger partial charge in [0.15, 0.2) is 18.1 Å². The molecular weight excluding hydrogens is 354 g/mol. The molecule has 1 fully saturated rings. The van der Waals surface area contributed by atoms with Gasteiger partial charge in [0.2, 0.25) is 0 Å². The van der Waals surface area contributed by atoms with E-state index >= 15 is 0 Å². The highest BCUT2D eigenvalue weighted by Gasteiger charge is 2.33. The van der Waals surface area contributed by atoms with Gasteiger partial charge in [-0.25, -0.2) is 0 Å². The van der Waals surface area contributed by atoms with Crippen molar-refractivity contribution < 1.29 is 19.0 Å². The van der Waals surface area contributed by atoms with E-state index in [1.54, 1.807) is 14.2 Å². The molecule has 1 atom stereocenters. The number of carbonyl (C=O) groups is 1. The third-order valence-electron chi connectivity index (χ3n) is 4.85. The summed E-state index contributed by atoms with van der Waals surface area (Å²) < 4.78 is 16.3. The lowest BCUT2D eigenvalue weighted by atomic mass is 10.0. The average molecular weight is 381 g/mol. The molecule has 0 spiro atoms. The molecule has 1 saturated carbocycles. The molecule has 5 nitrogen and oxygen atoms in total. The van der Waals surface area contributed by atoms with Crippen LogP contribution in [0, 0.1) is 5.92 Å². The van der Waals surface area contributed by atoms with E-state index in [0.717, 1.165) is 36.1 Å². The number of nitrogens with one attached hydrogen (secondary N) is 1. The van der Waals surface area contributed by atoms with Crippen LogP contribution in [0.1, 0.15) is 30.0 Å². The molecule has 1 aliphatic rings. The summed E-state index contributed by atoms with van der Waals surface area (Å²) in [5, 5.41) is 3.11. The number of hydrogen-bond acceptors (Lipinski definition) is 4. The zero-order valence-electron chi connectivity index (χ0n) is 16.4. The van der Waals surface area contributed by atoms with Crippen LogP contribution in [-0.4, -0.2) is 26.7 Å². The van der Waals surface area contributed by atoms with Crippen molar-refractivity contribution in [1.29, 1.82) is 0 Å². The first-order valence-corrected chi connectivity index (χ1v) is 9.48. The lowest BCUT2D eigenvalue weighted by molar-refractivity contribution is -0.124. The molecule has 1 N–H and O–H groups in total. The number of carbonyl (C=O) groups excluding carboxylic acids is 1. The Labute approximate surface area is 166 Å². The van der Waals surface area contributed by atoms with Gasteiger partial charge in [0.25, 0.3) is 5.91 Å². The van der Waals surface area contributed by atoms with Crippen LogP contribution in [0.5, 0.6) is 17.2 Å². The van der Waals surface area contributed by atoms with Crippen LogP contribution in [0.3, 0.4) is 0 Å². The number of amides is 1. The molecule has 3 rings (SSSR count). The number of allylic oxidation sites excluding steroid dienone is 1. The van der Waals surface area contributed by atoms with E-state index < -0.39 is 0 Å². The molecule has 5 heteroatoms. The van der Waals surface area contributed by atoms with E-state index in [9.17, 15) is 4.79 Å². The standard InChI is InChI=1S/C23H27NO4/c1-4-5-16-6-13-20(21(14-16)27-3)28-15-22(25)24-23(17-7-8-17)18-9-11-19(26-2)12-10-18/h4,6,9-14,17,23H,1,5,7-8,15H2,2-3H3,(H,24,25). The third-order valence-corrected chi connectivity index (χ3v) is 4.85. The molecule has 0 radical (unpaired) electrons. The van der Waals surface area contributed by atoms with Crippen LogP contribution < -0.4 is 19.5 Å². The fraction of sp³-hybridized carbons (Fsp3) is 0.348. The molecule has 2 aromatic carbocycles. The molecule has 0 heterocycles. The zero-order chi connectivity index (χ0) is 19.9. The van der Waals surface area contributed by atoms with Crippen LogP contribution in [-0.2, 0) is 11.2 Å². The van der Waals surface area contributed by atoms with Crippen molar-refractivity contribution in [3.63, 3.8) is 0 Å². The Hall–Kier alpha value is -2.95. The first-order valence-electron chi connectivity index (χ1n) is 9.48. The second-order valence-corrected chi connectivity index (χ2v) is 6.92. The summed E-state index contributed by atoms with van der Waals surface area (Å²) in [5.74, 6) is 2.30. The fourth-order valence-corrected chi connectivity index (χ4v) is 3.20. The van der Waals surface area contributed by atoms with E-state index in [-0.39, 0.29) is 18.6 Å². The minimum Gasteiger partial charge on any atom is -0.497 e. The Balaban J connectivity index is 1.61. The van der Waals surface area contributed by atoms with Crippen molar-refractivity contribution in [1.82, 2.24) is 5.32 Å². The summed E-state index contributed by atoms with van der Waals surface area (Å²) in [6, 6.07) is 13.5. The maximum Gasteiger partial charge on any atom is 0.258 e. The minimum absolute atomic E-state index is 0.00105. The first kappa shape index (κ1) is 19.8. The van der Waals surface area contributed by atoms with E-state index in [0.29, 0.717) is 17.4 Å². The third kappa shape index (κ3) is 5.06. The topological polar surface area (TPSA) is 56.8 Å². The van der Waals surface area contributed by atoms with Gasteiger partial charge in [0.1, 0.15) is 5.75 Å². The fourth-order valence-electron chi connectivity index (χ4n) is 3.20. The maximum atomic E-state index is 12.5. The predicted octanol–water partition coefficient (Wildman–Crippen LogP) is 4.08. The first-order chi connectivity index (χ1) is 13.6. The number of hydrogen-bond donors (Lipinski definition) is 1. The van der Waals surface area contributed by atoms with Crippen LogP contribution in [0.15, 0.2) is 55.1 Å². The summed E-state index contributed by atoms with van der Waals surface area (Å²) in [7, 11) is 3.23. The van der Waals surface area contributed by atoms with Crippen LogP contribution >= 0.6 is 0 Å². The molecule has 0 aliphatic heterocycles. The second kappa shape index (κ2) is 9.31. The monoisotopic (exact) mass is 381 g/mol. The lowest BCUT2D eigenvalue weighted by Crippen LogP contribution is -2.33. The van der Waals surface area contributed by atoms with Crippen molar-refractivity contribution in [3.8, 4) is 17.2 Å². The lowest BCUT2D eigenvalue weighted by Gasteiger charge is -2.19. The van der Waals surface area contributed by atoms with Crippen molar-refractivity contribution in [2.75, 3.05) is 20.8 Å². The SMILES string of the molecule is C=CCc1ccc(OCC(=O)NC(c2ccc(OC)cc2)C2CC2)c(OC)c1. The van der Waals surface area contributed by atoms with Crippen molar-refractivity contribution in [2.24, 2.45) is 5.92 Å². The van der Waals surface area contributed by atoms with Crippen LogP contribution in [0.25, 0.3) is 0 Å². The van der Waals surface area contributed by atoms with E-state index in [2.05, 4.69) is 11.9 Å². The van der Waals surface area contributed by atoms with Gasteiger partial charge >= 0.3 is 0 Å². The van der Waals surface area contributed by atoms with Crippen molar-refractivity contribution in [2.45, 2.75) is 25.3 Å². The molecule has 1 aliphatic carbocycles. The Morgan fingerprint density at radius 2 is 1.89 bits per heavy atom. The molecule has 1 unspecified atom stereocenters. The smallest absolute Gasteiger partial charge is 0.258 e. The van der Waals surface area contributed by atoms with Gasteiger partial charge in [-0.1, -0.05) is 24.3 Å². The molecule has 148 valence electrons. The predicted molar refractivity (Wildman–Crippen MR) is 109 cm³/mol. The molecule has 0 aromatic heterocycles. The number of methoxy groups -OCH3 is 2. The number of ether oxygens (including phenoxy) is 3. The Morgan fingerprint density at radius 3 is 2.50 bits per heavy atom. The van der Waals surface area contributed by atoms with Crippen LogP contribution in [0.2, 0.25) is 0 Å². The largest absolute Gasteiger partial charge is 0.497 e. The normalized spacial score (nSPS) is 14.1. The summed E-state index contributed by atoms with van der Waals surface area (Å²) in [4.78, 5) is 12.5. The quantitative estimate of drug-likeness (QED) is 0.630. The van der Waals surface area contributed by atoms with E-state index in [1.807, 2.05) is 48.5 Å². The van der Waals surface area contributed by atoms with Gasteiger partial charge in [0.05, 0.1) is 20.3 Å². The van der Waals surface area contributed by atoms with Crippen molar-refractivity contribution in [3.05, 3.63) is 66.2 Å². The van der Waals surface area contributed by atoms with Gasteiger partial charge in [-0.05, 0) is 60.6 Å². The molecule has 2 aromatic rings. The van der Waals surface area contributed by atoms with Gasteiger partial charge in [-0.15, -0.1) is 6.58 Å². The van der Waals surface area contributed by atoms with Crippen LogP contribution in [0.4, 0.5) is 0 Å². The summed E-state index contributed by atoms with van der Waals surface area (Å²) in [6.07, 6.45) is 4.83. The van der Waals surface area contributed by atoms with E-state index in [1.165, 1.54) is 0 Å². The Kier molecular flexibility index (Phi) is 6.58. The highest BCUT2D eigenvalue weighted by atomic mass is 16.5. The number of benzene rings is 2.